The van der Waals surface area contributed by atoms with Gasteiger partial charge in [-0.05, 0) is 53.1 Å². The number of fused-ring (bicyclic) bond motifs is 2. The third kappa shape index (κ3) is 4.31. The van der Waals surface area contributed by atoms with E-state index in [4.69, 9.17) is 25.8 Å². The number of methoxy groups -OCH3 is 1. The molecule has 1 heterocycles. The first-order valence-electron chi connectivity index (χ1n) is 9.98. The molecule has 0 bridgehead atoms. The van der Waals surface area contributed by atoms with Crippen LogP contribution in [-0.2, 0) is 11.3 Å². The number of hydrogen-bond acceptors (Lipinski definition) is 4. The number of carbonyl (C=O) groups excluding carboxylic acids is 1. The molecule has 1 N–H and O–H groups in total. The lowest BCUT2D eigenvalue weighted by atomic mass is 9.97. The first-order valence-corrected chi connectivity index (χ1v) is 10.4. The van der Waals surface area contributed by atoms with Gasteiger partial charge in [0.25, 0.3) is 0 Å². The maximum atomic E-state index is 12.8. The molecule has 0 radical (unpaired) electrons. The van der Waals surface area contributed by atoms with Gasteiger partial charge in [-0.15, -0.1) is 0 Å². The average Bonchev–Trinajstić information content (AvgIpc) is 3.02. The van der Waals surface area contributed by atoms with Crippen LogP contribution in [0.3, 0.4) is 0 Å². The Bertz CT molecular complexity index is 1080. The van der Waals surface area contributed by atoms with E-state index in [1.165, 1.54) is 0 Å². The molecule has 0 unspecified atom stereocenters. The minimum atomic E-state index is -0.285. The molecule has 1 aliphatic heterocycles. The van der Waals surface area contributed by atoms with Crippen LogP contribution in [0.25, 0.3) is 10.8 Å². The zero-order valence-electron chi connectivity index (χ0n) is 17.0. The summed E-state index contributed by atoms with van der Waals surface area (Å²) in [6.07, 6.45) is 0.813. The van der Waals surface area contributed by atoms with Crippen LogP contribution >= 0.6 is 11.6 Å². The highest BCUT2D eigenvalue weighted by molar-refractivity contribution is 6.32. The average molecular weight is 426 g/mol. The highest BCUT2D eigenvalue weighted by Crippen LogP contribution is 2.38. The minimum absolute atomic E-state index is 0.0499. The van der Waals surface area contributed by atoms with E-state index in [0.717, 1.165) is 34.1 Å². The van der Waals surface area contributed by atoms with E-state index in [1.54, 1.807) is 7.11 Å². The van der Waals surface area contributed by atoms with Gasteiger partial charge >= 0.3 is 0 Å². The van der Waals surface area contributed by atoms with Gasteiger partial charge < -0.3 is 19.5 Å². The summed E-state index contributed by atoms with van der Waals surface area (Å²) in [5.41, 5.74) is 1.83. The predicted octanol–water partition coefficient (Wildman–Crippen LogP) is 5.08. The van der Waals surface area contributed by atoms with Gasteiger partial charge in [-0.3, -0.25) is 4.79 Å². The smallest absolute Gasteiger partial charge is 0.227 e. The van der Waals surface area contributed by atoms with Crippen LogP contribution in [0.1, 0.15) is 30.4 Å². The molecular formula is C24H24ClNO4. The van der Waals surface area contributed by atoms with E-state index in [9.17, 15) is 4.79 Å². The zero-order chi connectivity index (χ0) is 21.1. The second kappa shape index (κ2) is 8.84. The van der Waals surface area contributed by atoms with E-state index in [-0.39, 0.29) is 11.8 Å². The Morgan fingerprint density at radius 3 is 2.70 bits per heavy atom. The number of benzene rings is 3. The Labute approximate surface area is 180 Å². The molecule has 0 saturated carbocycles. The molecule has 4 rings (SSSR count). The van der Waals surface area contributed by atoms with Crippen LogP contribution in [0.4, 0.5) is 0 Å². The second-order valence-electron chi connectivity index (χ2n) is 7.37. The Balaban J connectivity index is 1.45. The summed E-state index contributed by atoms with van der Waals surface area (Å²) >= 11 is 6.34. The summed E-state index contributed by atoms with van der Waals surface area (Å²) < 4.78 is 16.6. The van der Waals surface area contributed by atoms with Gasteiger partial charge in [-0.1, -0.05) is 35.9 Å². The van der Waals surface area contributed by atoms with Crippen molar-refractivity contribution in [2.75, 3.05) is 20.3 Å². The molecule has 6 heteroatoms. The van der Waals surface area contributed by atoms with Crippen LogP contribution in [-0.4, -0.2) is 26.2 Å². The maximum Gasteiger partial charge on any atom is 0.227 e. The standard InChI is InChI=1S/C24H24ClNO4/c1-15(17-4-5-19-13-20(28-2)7-6-18(19)12-17)24(27)26-14-16-10-21(25)23-22(11-16)29-8-3-9-30-23/h4-7,10-13,15H,3,8-9,14H2,1-2H3,(H,26,27)/t15-/m1/s1. The van der Waals surface area contributed by atoms with Gasteiger partial charge in [0.2, 0.25) is 5.91 Å². The minimum Gasteiger partial charge on any atom is -0.497 e. The maximum absolute atomic E-state index is 12.8. The third-order valence-corrected chi connectivity index (χ3v) is 5.57. The van der Waals surface area contributed by atoms with Crippen molar-refractivity contribution in [1.82, 2.24) is 5.32 Å². The molecule has 5 nitrogen and oxygen atoms in total. The van der Waals surface area contributed by atoms with Crippen molar-refractivity contribution in [3.05, 3.63) is 64.7 Å². The molecule has 1 atom stereocenters. The monoisotopic (exact) mass is 425 g/mol. The Morgan fingerprint density at radius 2 is 1.87 bits per heavy atom. The lowest BCUT2D eigenvalue weighted by Gasteiger charge is -2.15. The summed E-state index contributed by atoms with van der Waals surface area (Å²) in [6.45, 7) is 3.44. The molecule has 0 fully saturated rings. The molecule has 1 aliphatic rings. The Kier molecular flexibility index (Phi) is 6.00. The van der Waals surface area contributed by atoms with Crippen molar-refractivity contribution in [3.63, 3.8) is 0 Å². The molecule has 0 aromatic heterocycles. The molecule has 30 heavy (non-hydrogen) atoms. The second-order valence-corrected chi connectivity index (χ2v) is 7.77. The van der Waals surface area contributed by atoms with Gasteiger partial charge in [-0.2, -0.15) is 0 Å². The molecule has 0 spiro atoms. The highest BCUT2D eigenvalue weighted by atomic mass is 35.5. The summed E-state index contributed by atoms with van der Waals surface area (Å²) in [6, 6.07) is 15.6. The molecule has 3 aromatic rings. The van der Waals surface area contributed by atoms with Crippen molar-refractivity contribution in [3.8, 4) is 17.2 Å². The summed E-state index contributed by atoms with van der Waals surface area (Å²) in [5.74, 6) is 1.68. The number of halogens is 1. The molecular weight excluding hydrogens is 402 g/mol. The van der Waals surface area contributed by atoms with Crippen LogP contribution < -0.4 is 19.5 Å². The van der Waals surface area contributed by atoms with Gasteiger partial charge in [0.05, 0.1) is 31.3 Å². The number of hydrogen-bond donors (Lipinski definition) is 1. The zero-order valence-corrected chi connectivity index (χ0v) is 17.8. The van der Waals surface area contributed by atoms with Crippen molar-refractivity contribution in [2.24, 2.45) is 0 Å². The fourth-order valence-corrected chi connectivity index (χ4v) is 3.81. The predicted molar refractivity (Wildman–Crippen MR) is 118 cm³/mol. The first kappa shape index (κ1) is 20.4. The molecule has 156 valence electrons. The Hall–Kier alpha value is -2.92. The molecule has 1 amide bonds. The Morgan fingerprint density at radius 1 is 1.10 bits per heavy atom. The lowest BCUT2D eigenvalue weighted by molar-refractivity contribution is -0.122. The molecule has 3 aromatic carbocycles. The van der Waals surface area contributed by atoms with Gasteiger partial charge in [0.1, 0.15) is 5.75 Å². The summed E-state index contributed by atoms with van der Waals surface area (Å²) in [4.78, 5) is 12.8. The largest absolute Gasteiger partial charge is 0.497 e. The van der Waals surface area contributed by atoms with Gasteiger partial charge in [-0.25, -0.2) is 0 Å². The number of ether oxygens (including phenoxy) is 3. The summed E-state index contributed by atoms with van der Waals surface area (Å²) in [5, 5.41) is 5.64. The van der Waals surface area contributed by atoms with Crippen LogP contribution in [0.2, 0.25) is 5.02 Å². The summed E-state index contributed by atoms with van der Waals surface area (Å²) in [7, 11) is 1.65. The third-order valence-electron chi connectivity index (χ3n) is 5.29. The van der Waals surface area contributed by atoms with E-state index in [1.807, 2.05) is 55.5 Å². The van der Waals surface area contributed by atoms with E-state index >= 15 is 0 Å². The molecule has 0 saturated heterocycles. The van der Waals surface area contributed by atoms with E-state index in [2.05, 4.69) is 5.32 Å². The van der Waals surface area contributed by atoms with Crippen molar-refractivity contribution in [2.45, 2.75) is 25.8 Å². The SMILES string of the molecule is COc1ccc2cc([C@@H](C)C(=O)NCc3cc(Cl)c4c(c3)OCCCO4)ccc2c1. The number of amides is 1. The topological polar surface area (TPSA) is 56.8 Å². The van der Waals surface area contributed by atoms with E-state index < -0.39 is 0 Å². The van der Waals surface area contributed by atoms with Crippen LogP contribution in [0, 0.1) is 0 Å². The van der Waals surface area contributed by atoms with Crippen molar-refractivity contribution < 1.29 is 19.0 Å². The number of rotatable bonds is 5. The highest BCUT2D eigenvalue weighted by Gasteiger charge is 2.18. The fourth-order valence-electron chi connectivity index (χ4n) is 3.52. The number of carbonyl (C=O) groups is 1. The quantitative estimate of drug-likeness (QED) is 0.619. The normalized spacial score (nSPS) is 14.1. The van der Waals surface area contributed by atoms with Crippen LogP contribution in [0.15, 0.2) is 48.5 Å². The van der Waals surface area contributed by atoms with E-state index in [0.29, 0.717) is 36.3 Å². The number of nitrogens with one attached hydrogen (secondary N) is 1. The van der Waals surface area contributed by atoms with Crippen LogP contribution in [0.5, 0.6) is 17.2 Å². The first-order chi connectivity index (χ1) is 14.5. The van der Waals surface area contributed by atoms with Crippen molar-refractivity contribution >= 4 is 28.3 Å². The van der Waals surface area contributed by atoms with Gasteiger partial charge in [0.15, 0.2) is 11.5 Å². The van der Waals surface area contributed by atoms with Crippen molar-refractivity contribution in [1.29, 1.82) is 0 Å². The van der Waals surface area contributed by atoms with Gasteiger partial charge in [0, 0.05) is 13.0 Å². The lowest BCUT2D eigenvalue weighted by Crippen LogP contribution is -2.27. The molecule has 0 aliphatic carbocycles. The fraction of sp³-hybridized carbons (Fsp3) is 0.292.